The summed E-state index contributed by atoms with van der Waals surface area (Å²) in [5.41, 5.74) is 2.48. The molecule has 31 heavy (non-hydrogen) atoms. The van der Waals surface area contributed by atoms with Crippen LogP contribution >= 0.6 is 46.6 Å². The molecule has 2 N–H and O–H groups in total. The molecular formula is C23H19Cl3N2O2S. The Hall–Kier alpha value is -2.18. The zero-order valence-corrected chi connectivity index (χ0v) is 19.8. The number of nitrogens with one attached hydrogen (secondary N) is 2. The van der Waals surface area contributed by atoms with Crippen LogP contribution in [0.15, 0.2) is 65.6 Å². The molecule has 2 amide bonds. The number of benzene rings is 3. The number of carbonyl (C=O) groups excluding carboxylic acids is 2. The summed E-state index contributed by atoms with van der Waals surface area (Å²) in [6.45, 7) is 3.69. The highest BCUT2D eigenvalue weighted by atomic mass is 35.5. The van der Waals surface area contributed by atoms with Crippen molar-refractivity contribution in [2.24, 2.45) is 0 Å². The van der Waals surface area contributed by atoms with Crippen LogP contribution < -0.4 is 10.6 Å². The molecule has 3 aromatic rings. The molecule has 1 unspecified atom stereocenters. The number of anilines is 2. The number of thioether (sulfide) groups is 1. The molecule has 0 bridgehead atoms. The second-order valence-electron chi connectivity index (χ2n) is 6.76. The summed E-state index contributed by atoms with van der Waals surface area (Å²) >= 11 is 19.5. The molecule has 0 spiro atoms. The minimum absolute atomic E-state index is 0.120. The zero-order valence-electron chi connectivity index (χ0n) is 16.7. The molecule has 0 saturated carbocycles. The fourth-order valence-corrected chi connectivity index (χ4v) is 4.26. The van der Waals surface area contributed by atoms with Gasteiger partial charge in [-0.2, -0.15) is 0 Å². The maximum Gasteiger partial charge on any atom is 0.257 e. The van der Waals surface area contributed by atoms with Crippen molar-refractivity contribution in [3.8, 4) is 0 Å². The van der Waals surface area contributed by atoms with E-state index in [1.54, 1.807) is 36.4 Å². The van der Waals surface area contributed by atoms with Crippen LogP contribution in [0.5, 0.6) is 0 Å². The van der Waals surface area contributed by atoms with Crippen LogP contribution in [0.25, 0.3) is 0 Å². The maximum atomic E-state index is 12.6. The molecule has 4 nitrogen and oxygen atoms in total. The van der Waals surface area contributed by atoms with E-state index in [0.29, 0.717) is 27.0 Å². The number of carbonyl (C=O) groups is 2. The molecule has 3 rings (SSSR count). The molecule has 0 saturated heterocycles. The van der Waals surface area contributed by atoms with Crippen LogP contribution in [0.2, 0.25) is 15.1 Å². The van der Waals surface area contributed by atoms with E-state index in [9.17, 15) is 9.59 Å². The molecule has 0 fully saturated rings. The van der Waals surface area contributed by atoms with Crippen molar-refractivity contribution in [2.45, 2.75) is 24.0 Å². The fraction of sp³-hybridized carbons (Fsp3) is 0.130. The summed E-state index contributed by atoms with van der Waals surface area (Å²) < 4.78 is 0. The lowest BCUT2D eigenvalue weighted by Crippen LogP contribution is -2.22. The van der Waals surface area contributed by atoms with E-state index < -0.39 is 0 Å². The Kier molecular flexibility index (Phi) is 7.89. The van der Waals surface area contributed by atoms with Crippen molar-refractivity contribution in [1.29, 1.82) is 0 Å². The molecule has 1 atom stereocenters. The van der Waals surface area contributed by atoms with Crippen molar-refractivity contribution in [3.63, 3.8) is 0 Å². The van der Waals surface area contributed by atoms with Gasteiger partial charge in [0.15, 0.2) is 0 Å². The van der Waals surface area contributed by atoms with Gasteiger partial charge in [-0.3, -0.25) is 9.59 Å². The first-order valence-electron chi connectivity index (χ1n) is 9.33. The van der Waals surface area contributed by atoms with Crippen LogP contribution in [0.4, 0.5) is 11.4 Å². The molecule has 0 aliphatic heterocycles. The van der Waals surface area contributed by atoms with E-state index in [1.165, 1.54) is 17.8 Å². The number of hydrogen-bond acceptors (Lipinski definition) is 3. The molecule has 0 aliphatic carbocycles. The van der Waals surface area contributed by atoms with E-state index in [-0.39, 0.29) is 22.1 Å². The van der Waals surface area contributed by atoms with Gasteiger partial charge in [0.2, 0.25) is 5.91 Å². The van der Waals surface area contributed by atoms with Gasteiger partial charge in [-0.05, 0) is 74.0 Å². The average molecular weight is 494 g/mol. The Morgan fingerprint density at radius 1 is 0.903 bits per heavy atom. The molecule has 0 aromatic heterocycles. The average Bonchev–Trinajstić information content (AvgIpc) is 2.72. The van der Waals surface area contributed by atoms with E-state index in [0.717, 1.165) is 10.5 Å². The van der Waals surface area contributed by atoms with Crippen molar-refractivity contribution in [2.75, 3.05) is 10.6 Å². The van der Waals surface area contributed by atoms with Gasteiger partial charge >= 0.3 is 0 Å². The van der Waals surface area contributed by atoms with Gasteiger partial charge in [-0.15, -0.1) is 11.8 Å². The third-order valence-corrected chi connectivity index (χ3v) is 6.56. The van der Waals surface area contributed by atoms with Gasteiger partial charge < -0.3 is 10.6 Å². The molecule has 8 heteroatoms. The van der Waals surface area contributed by atoms with Crippen LogP contribution in [-0.4, -0.2) is 17.1 Å². The van der Waals surface area contributed by atoms with Gasteiger partial charge in [0.1, 0.15) is 0 Å². The lowest BCUT2D eigenvalue weighted by Gasteiger charge is -2.14. The van der Waals surface area contributed by atoms with Crippen LogP contribution in [0.3, 0.4) is 0 Å². The summed E-state index contributed by atoms with van der Waals surface area (Å²) in [4.78, 5) is 25.9. The van der Waals surface area contributed by atoms with Crippen molar-refractivity contribution in [1.82, 2.24) is 0 Å². The largest absolute Gasteiger partial charge is 0.325 e. The molecule has 3 aromatic carbocycles. The molecular weight excluding hydrogens is 475 g/mol. The van der Waals surface area contributed by atoms with Crippen LogP contribution in [-0.2, 0) is 4.79 Å². The van der Waals surface area contributed by atoms with Crippen LogP contribution in [0, 0.1) is 6.92 Å². The highest BCUT2D eigenvalue weighted by Crippen LogP contribution is 2.28. The first-order chi connectivity index (χ1) is 14.7. The van der Waals surface area contributed by atoms with Gasteiger partial charge in [-0.25, -0.2) is 0 Å². The van der Waals surface area contributed by atoms with Crippen molar-refractivity contribution in [3.05, 3.63) is 86.9 Å². The second kappa shape index (κ2) is 10.4. The summed E-state index contributed by atoms with van der Waals surface area (Å²) in [6, 6.07) is 17.3. The molecule has 0 aliphatic rings. The Balaban J connectivity index is 1.60. The summed E-state index contributed by atoms with van der Waals surface area (Å²) in [7, 11) is 0. The summed E-state index contributed by atoms with van der Waals surface area (Å²) in [5, 5.41) is 6.74. The highest BCUT2D eigenvalue weighted by molar-refractivity contribution is 8.00. The Bertz CT molecular complexity index is 1120. The lowest BCUT2D eigenvalue weighted by atomic mass is 10.2. The lowest BCUT2D eigenvalue weighted by molar-refractivity contribution is -0.115. The molecule has 0 heterocycles. The monoisotopic (exact) mass is 492 g/mol. The highest BCUT2D eigenvalue weighted by Gasteiger charge is 2.16. The predicted octanol–water partition coefficient (Wildman–Crippen LogP) is 7.33. The van der Waals surface area contributed by atoms with Gasteiger partial charge in [-0.1, -0.05) is 40.9 Å². The number of hydrogen-bond donors (Lipinski definition) is 2. The Labute approximate surface area is 200 Å². The predicted molar refractivity (Wildman–Crippen MR) is 131 cm³/mol. The van der Waals surface area contributed by atoms with Crippen molar-refractivity contribution < 1.29 is 9.59 Å². The number of halogens is 3. The minimum Gasteiger partial charge on any atom is -0.325 e. The number of rotatable bonds is 6. The normalized spacial score (nSPS) is 11.6. The third kappa shape index (κ3) is 6.17. The van der Waals surface area contributed by atoms with Gasteiger partial charge in [0, 0.05) is 26.3 Å². The SMILES string of the molecule is Cc1c(Cl)cccc1NC(=O)C(C)Sc1ccc(NC(=O)c2ccc(Cl)cc2Cl)cc1. The smallest absolute Gasteiger partial charge is 0.257 e. The van der Waals surface area contributed by atoms with E-state index >= 15 is 0 Å². The van der Waals surface area contributed by atoms with Crippen molar-refractivity contribution >= 4 is 69.8 Å². The van der Waals surface area contributed by atoms with E-state index in [1.807, 2.05) is 32.0 Å². The van der Waals surface area contributed by atoms with E-state index in [4.69, 9.17) is 34.8 Å². The number of amides is 2. The Morgan fingerprint density at radius 2 is 1.61 bits per heavy atom. The minimum atomic E-state index is -0.327. The topological polar surface area (TPSA) is 58.2 Å². The summed E-state index contributed by atoms with van der Waals surface area (Å²) in [5.74, 6) is -0.447. The van der Waals surface area contributed by atoms with Gasteiger partial charge in [0.05, 0.1) is 15.8 Å². The van der Waals surface area contributed by atoms with E-state index in [2.05, 4.69) is 10.6 Å². The standard InChI is InChI=1S/C23H19Cl3N2O2S/c1-13-19(25)4-3-5-21(13)28-22(29)14(2)31-17-9-7-16(8-10-17)27-23(30)18-11-6-15(24)12-20(18)26/h3-12,14H,1-2H3,(H,27,30)(H,28,29). The first-order valence-corrected chi connectivity index (χ1v) is 11.3. The van der Waals surface area contributed by atoms with Crippen LogP contribution in [0.1, 0.15) is 22.8 Å². The maximum absolute atomic E-state index is 12.6. The zero-order chi connectivity index (χ0) is 22.5. The second-order valence-corrected chi connectivity index (χ2v) is 9.43. The quantitative estimate of drug-likeness (QED) is 0.353. The summed E-state index contributed by atoms with van der Waals surface area (Å²) in [6.07, 6.45) is 0. The van der Waals surface area contributed by atoms with Gasteiger partial charge in [0.25, 0.3) is 5.91 Å². The Morgan fingerprint density at radius 3 is 2.29 bits per heavy atom. The third-order valence-electron chi connectivity index (χ3n) is 4.50. The molecule has 160 valence electrons. The fourth-order valence-electron chi connectivity index (χ4n) is 2.72. The molecule has 0 radical (unpaired) electrons. The first kappa shape index (κ1) is 23.5.